The second kappa shape index (κ2) is 1.47. The van der Waals surface area contributed by atoms with Gasteiger partial charge in [0, 0.05) is 5.54 Å². The van der Waals surface area contributed by atoms with Crippen LogP contribution in [-0.4, -0.2) is 5.54 Å². The first-order chi connectivity index (χ1) is 3.54. The molecule has 1 rings (SSSR count). The molecule has 0 bridgehead atoms. The van der Waals surface area contributed by atoms with Crippen molar-refractivity contribution in [3.63, 3.8) is 0 Å². The Hall–Kier alpha value is -0.0400. The van der Waals surface area contributed by atoms with Gasteiger partial charge in [0.1, 0.15) is 0 Å². The minimum absolute atomic E-state index is 0.189. The van der Waals surface area contributed by atoms with Crippen molar-refractivity contribution in [3.05, 3.63) is 0 Å². The molecule has 2 atom stereocenters. The van der Waals surface area contributed by atoms with Crippen LogP contribution in [0.2, 0.25) is 0 Å². The number of rotatable bonds is 1. The Bertz CT molecular complexity index is 94.6. The summed E-state index contributed by atoms with van der Waals surface area (Å²) in [5, 5.41) is 0. The summed E-state index contributed by atoms with van der Waals surface area (Å²) in [6.45, 7) is 6.61. The Labute approximate surface area is 51.3 Å². The molecule has 0 radical (unpaired) electrons. The summed E-state index contributed by atoms with van der Waals surface area (Å²) in [4.78, 5) is 0. The van der Waals surface area contributed by atoms with E-state index >= 15 is 0 Å². The van der Waals surface area contributed by atoms with Crippen LogP contribution >= 0.6 is 0 Å². The molecule has 2 unspecified atom stereocenters. The van der Waals surface area contributed by atoms with Crippen molar-refractivity contribution < 1.29 is 0 Å². The molecule has 1 heteroatoms. The van der Waals surface area contributed by atoms with E-state index in [1.165, 1.54) is 6.42 Å². The molecule has 48 valence electrons. The minimum atomic E-state index is 0.189. The highest BCUT2D eigenvalue weighted by molar-refractivity contribution is 5.05. The lowest BCUT2D eigenvalue weighted by Gasteiger charge is -2.04. The van der Waals surface area contributed by atoms with Gasteiger partial charge in [0.15, 0.2) is 0 Å². The molecule has 0 aliphatic heterocycles. The van der Waals surface area contributed by atoms with Crippen LogP contribution in [0, 0.1) is 11.8 Å². The van der Waals surface area contributed by atoms with Gasteiger partial charge in [-0.15, -0.1) is 0 Å². The fourth-order valence-electron chi connectivity index (χ4n) is 1.41. The van der Waals surface area contributed by atoms with Gasteiger partial charge in [0.25, 0.3) is 0 Å². The van der Waals surface area contributed by atoms with Gasteiger partial charge >= 0.3 is 0 Å². The summed E-state index contributed by atoms with van der Waals surface area (Å²) in [5.41, 5.74) is 6.00. The van der Waals surface area contributed by atoms with Gasteiger partial charge in [-0.1, -0.05) is 13.8 Å². The van der Waals surface area contributed by atoms with Gasteiger partial charge in [0.2, 0.25) is 0 Å². The minimum Gasteiger partial charge on any atom is -0.325 e. The number of nitrogens with two attached hydrogens (primary N) is 1. The molecule has 2 N–H and O–H groups in total. The summed E-state index contributed by atoms with van der Waals surface area (Å²) in [6.07, 6.45) is 1.23. The Kier molecular flexibility index (Phi) is 1.12. The average Bonchev–Trinajstić information content (AvgIpc) is 2.13. The first kappa shape index (κ1) is 6.09. The van der Waals surface area contributed by atoms with E-state index in [1.807, 2.05) is 0 Å². The lowest BCUT2D eigenvalue weighted by atomic mass is 10.1. The van der Waals surface area contributed by atoms with Crippen LogP contribution in [0.15, 0.2) is 0 Å². The molecule has 0 aromatic heterocycles. The maximum absolute atomic E-state index is 5.81. The molecule has 0 aromatic rings. The molecule has 0 spiro atoms. The Morgan fingerprint density at radius 1 is 1.62 bits per heavy atom. The highest BCUT2D eigenvalue weighted by atomic mass is 14.8. The Balaban J connectivity index is 2.37. The molecule has 1 saturated carbocycles. The third kappa shape index (κ3) is 0.873. The van der Waals surface area contributed by atoms with Gasteiger partial charge in [-0.2, -0.15) is 0 Å². The molecule has 0 heterocycles. The van der Waals surface area contributed by atoms with Crippen molar-refractivity contribution >= 4 is 0 Å². The molecular weight excluding hydrogens is 98.1 g/mol. The van der Waals surface area contributed by atoms with Crippen molar-refractivity contribution in [2.24, 2.45) is 17.6 Å². The summed E-state index contributed by atoms with van der Waals surface area (Å²) in [7, 11) is 0. The van der Waals surface area contributed by atoms with Crippen molar-refractivity contribution in [2.45, 2.75) is 32.7 Å². The molecule has 1 aliphatic rings. The average molecular weight is 113 g/mol. The van der Waals surface area contributed by atoms with Crippen LogP contribution in [0.4, 0.5) is 0 Å². The molecule has 1 nitrogen and oxygen atoms in total. The van der Waals surface area contributed by atoms with Gasteiger partial charge < -0.3 is 5.73 Å². The van der Waals surface area contributed by atoms with Crippen LogP contribution < -0.4 is 5.73 Å². The summed E-state index contributed by atoms with van der Waals surface area (Å²) in [5.74, 6) is 1.58. The smallest absolute Gasteiger partial charge is 0.0160 e. The van der Waals surface area contributed by atoms with E-state index in [-0.39, 0.29) is 5.54 Å². The third-order valence-electron chi connectivity index (χ3n) is 2.15. The van der Waals surface area contributed by atoms with E-state index in [0.717, 1.165) is 11.8 Å². The maximum atomic E-state index is 5.81. The van der Waals surface area contributed by atoms with E-state index in [9.17, 15) is 0 Å². The van der Waals surface area contributed by atoms with Crippen LogP contribution in [0.1, 0.15) is 27.2 Å². The van der Waals surface area contributed by atoms with E-state index in [2.05, 4.69) is 20.8 Å². The topological polar surface area (TPSA) is 26.0 Å². The second-order valence-electron chi connectivity index (χ2n) is 3.56. The molecule has 0 amide bonds. The molecule has 0 saturated heterocycles. The zero-order chi connectivity index (χ0) is 6.36. The summed E-state index contributed by atoms with van der Waals surface area (Å²) in [6, 6.07) is 0. The van der Waals surface area contributed by atoms with Crippen LogP contribution in [0.25, 0.3) is 0 Å². The quantitative estimate of drug-likeness (QED) is 0.546. The zero-order valence-electron chi connectivity index (χ0n) is 5.94. The molecule has 8 heavy (non-hydrogen) atoms. The monoisotopic (exact) mass is 113 g/mol. The van der Waals surface area contributed by atoms with E-state index in [1.54, 1.807) is 0 Å². The molecule has 1 fully saturated rings. The predicted molar refractivity (Wildman–Crippen MR) is 35.5 cm³/mol. The largest absolute Gasteiger partial charge is 0.325 e. The molecule has 1 aliphatic carbocycles. The van der Waals surface area contributed by atoms with Crippen LogP contribution in [0.5, 0.6) is 0 Å². The van der Waals surface area contributed by atoms with Crippen LogP contribution in [-0.2, 0) is 0 Å². The van der Waals surface area contributed by atoms with Crippen molar-refractivity contribution in [1.29, 1.82) is 0 Å². The highest BCUT2D eigenvalue weighted by Crippen LogP contribution is 2.45. The third-order valence-corrected chi connectivity index (χ3v) is 2.15. The zero-order valence-corrected chi connectivity index (χ0v) is 5.94. The molecular formula is C7H15N. The van der Waals surface area contributed by atoms with E-state index in [0.29, 0.717) is 0 Å². The normalized spacial score (nSPS) is 45.4. The summed E-state index contributed by atoms with van der Waals surface area (Å²) < 4.78 is 0. The van der Waals surface area contributed by atoms with Crippen molar-refractivity contribution in [1.82, 2.24) is 0 Å². The lowest BCUT2D eigenvalue weighted by molar-refractivity contribution is 0.497. The maximum Gasteiger partial charge on any atom is 0.0160 e. The first-order valence-corrected chi connectivity index (χ1v) is 3.33. The fourth-order valence-corrected chi connectivity index (χ4v) is 1.41. The van der Waals surface area contributed by atoms with Gasteiger partial charge in [-0.05, 0) is 25.2 Å². The molecule has 0 aromatic carbocycles. The van der Waals surface area contributed by atoms with E-state index < -0.39 is 0 Å². The first-order valence-electron chi connectivity index (χ1n) is 3.33. The second-order valence-corrected chi connectivity index (χ2v) is 3.56. The van der Waals surface area contributed by atoms with Crippen molar-refractivity contribution in [2.75, 3.05) is 0 Å². The summed E-state index contributed by atoms with van der Waals surface area (Å²) >= 11 is 0. The van der Waals surface area contributed by atoms with Crippen LogP contribution in [0.3, 0.4) is 0 Å². The van der Waals surface area contributed by atoms with Gasteiger partial charge in [-0.25, -0.2) is 0 Å². The van der Waals surface area contributed by atoms with Gasteiger partial charge in [0.05, 0.1) is 0 Å². The van der Waals surface area contributed by atoms with E-state index in [4.69, 9.17) is 5.73 Å². The lowest BCUT2D eigenvalue weighted by Crippen LogP contribution is -2.21. The number of hydrogen-bond acceptors (Lipinski definition) is 1. The predicted octanol–water partition coefficient (Wildman–Crippen LogP) is 1.38. The van der Waals surface area contributed by atoms with Gasteiger partial charge in [-0.3, -0.25) is 0 Å². The number of hydrogen-bond donors (Lipinski definition) is 1. The Morgan fingerprint density at radius 3 is 2.00 bits per heavy atom. The highest BCUT2D eigenvalue weighted by Gasteiger charge is 2.47. The van der Waals surface area contributed by atoms with Crippen molar-refractivity contribution in [3.8, 4) is 0 Å². The SMILES string of the molecule is CC(C)C1CC1(C)N. The standard InChI is InChI=1S/C7H15N/c1-5(2)6-4-7(6,3)8/h5-6H,4,8H2,1-3H3. The Morgan fingerprint density at radius 2 is 2.00 bits per heavy atom. The fraction of sp³-hybridized carbons (Fsp3) is 1.00.